The molecule has 2 unspecified atom stereocenters. The van der Waals surface area contributed by atoms with Crippen LogP contribution in [0.1, 0.15) is 361 Å². The van der Waals surface area contributed by atoms with Crippen LogP contribution in [0.3, 0.4) is 0 Å². The zero-order valence-corrected chi connectivity index (χ0v) is 49.8. The van der Waals surface area contributed by atoms with Gasteiger partial charge in [-0.3, -0.25) is 9.59 Å². The Balaban J connectivity index is 3.51. The quantitative estimate of drug-likeness (QED) is 0.0244. The van der Waals surface area contributed by atoms with Gasteiger partial charge in [-0.1, -0.05) is 320 Å². The number of rotatable bonds is 62. The van der Waals surface area contributed by atoms with Crippen LogP contribution in [0.4, 0.5) is 0 Å². The molecule has 0 rings (SSSR count). The van der Waals surface area contributed by atoms with Gasteiger partial charge in [0.1, 0.15) is 0 Å². The van der Waals surface area contributed by atoms with Crippen LogP contribution in [-0.2, 0) is 14.3 Å². The molecule has 0 saturated carbocycles. The summed E-state index contributed by atoms with van der Waals surface area (Å²) in [6, 6.07) is -0.646. The van der Waals surface area contributed by atoms with E-state index in [1.54, 1.807) is 6.08 Å². The van der Waals surface area contributed by atoms with Gasteiger partial charge in [0.25, 0.3) is 0 Å². The predicted octanol–water partition coefficient (Wildman–Crippen LogP) is 21.1. The van der Waals surface area contributed by atoms with Gasteiger partial charge in [0.15, 0.2) is 0 Å². The molecule has 0 fully saturated rings. The van der Waals surface area contributed by atoms with Crippen molar-refractivity contribution in [3.05, 3.63) is 36.5 Å². The van der Waals surface area contributed by atoms with Crippen molar-refractivity contribution >= 4 is 11.9 Å². The Kier molecular flexibility index (Phi) is 62.0. The largest absolute Gasteiger partial charge is 0.466 e. The highest BCUT2D eigenvalue weighted by Gasteiger charge is 2.18. The van der Waals surface area contributed by atoms with Crippen LogP contribution in [0.25, 0.3) is 0 Å². The number of unbranched alkanes of at least 4 members (excludes halogenated alkanes) is 48. The van der Waals surface area contributed by atoms with Gasteiger partial charge >= 0.3 is 5.97 Å². The fourth-order valence-electron chi connectivity index (χ4n) is 10.3. The average Bonchev–Trinajstić information content (AvgIpc) is 3.40. The Morgan fingerprint density at radius 3 is 1.00 bits per heavy atom. The molecule has 0 saturated heterocycles. The zero-order valence-electron chi connectivity index (χ0n) is 49.8. The number of carbonyl (C=O) groups is 2. The van der Waals surface area contributed by atoms with Crippen LogP contribution in [0.2, 0.25) is 0 Å². The molecule has 2 atom stereocenters. The number of esters is 1. The maximum absolute atomic E-state index is 12.5. The zero-order chi connectivity index (χ0) is 53.6. The molecule has 0 aromatic heterocycles. The monoisotopic (exact) mass is 1040 g/mol. The minimum absolute atomic E-state index is 0.0182. The molecule has 0 aromatic rings. The summed E-state index contributed by atoms with van der Waals surface area (Å²) >= 11 is 0. The third-order valence-corrected chi connectivity index (χ3v) is 15.4. The van der Waals surface area contributed by atoms with Crippen molar-refractivity contribution in [2.24, 2.45) is 0 Å². The Morgan fingerprint density at radius 2 is 0.662 bits per heavy atom. The highest BCUT2D eigenvalue weighted by molar-refractivity contribution is 5.76. The lowest BCUT2D eigenvalue weighted by Crippen LogP contribution is -2.45. The molecule has 0 aliphatic carbocycles. The second-order valence-corrected chi connectivity index (χ2v) is 22.8. The summed E-state index contributed by atoms with van der Waals surface area (Å²) in [5.74, 6) is -0.105. The van der Waals surface area contributed by atoms with E-state index < -0.39 is 12.1 Å². The van der Waals surface area contributed by atoms with E-state index in [-0.39, 0.29) is 18.5 Å². The molecule has 0 radical (unpaired) electrons. The maximum Gasteiger partial charge on any atom is 0.305 e. The lowest BCUT2D eigenvalue weighted by atomic mass is 10.0. The highest BCUT2D eigenvalue weighted by Crippen LogP contribution is 2.18. The van der Waals surface area contributed by atoms with Gasteiger partial charge in [0.05, 0.1) is 25.4 Å². The number of allylic oxidation sites excluding steroid dienone is 5. The normalized spacial score (nSPS) is 12.8. The van der Waals surface area contributed by atoms with Crippen molar-refractivity contribution in [1.29, 1.82) is 0 Å². The molecule has 0 aromatic carbocycles. The molecule has 436 valence electrons. The third kappa shape index (κ3) is 59.3. The molecular weight excluding hydrogens is 911 g/mol. The van der Waals surface area contributed by atoms with Crippen LogP contribution in [-0.4, -0.2) is 47.4 Å². The lowest BCUT2D eigenvalue weighted by molar-refractivity contribution is -0.143. The van der Waals surface area contributed by atoms with Crippen LogP contribution in [0.5, 0.6) is 0 Å². The number of aliphatic hydroxyl groups is 2. The molecule has 74 heavy (non-hydrogen) atoms. The minimum atomic E-state index is -0.861. The number of ether oxygens (including phenoxy) is 1. The van der Waals surface area contributed by atoms with Gasteiger partial charge in [0, 0.05) is 12.8 Å². The summed E-state index contributed by atoms with van der Waals surface area (Å²) < 4.78 is 5.47. The number of nitrogens with one attached hydrogen (secondary N) is 1. The summed E-state index contributed by atoms with van der Waals surface area (Å²) in [6.45, 7) is 4.88. The fourth-order valence-corrected chi connectivity index (χ4v) is 10.3. The first-order valence-electron chi connectivity index (χ1n) is 33.3. The van der Waals surface area contributed by atoms with E-state index in [0.717, 1.165) is 77.0 Å². The van der Waals surface area contributed by atoms with Crippen molar-refractivity contribution in [2.75, 3.05) is 13.2 Å². The third-order valence-electron chi connectivity index (χ3n) is 15.4. The summed E-state index contributed by atoms with van der Waals surface area (Å²) in [6.07, 6.45) is 80.6. The Bertz CT molecular complexity index is 1200. The van der Waals surface area contributed by atoms with E-state index in [0.29, 0.717) is 19.4 Å². The van der Waals surface area contributed by atoms with Gasteiger partial charge in [-0.25, -0.2) is 0 Å². The predicted molar refractivity (Wildman–Crippen MR) is 324 cm³/mol. The van der Waals surface area contributed by atoms with Gasteiger partial charge in [-0.15, -0.1) is 0 Å². The van der Waals surface area contributed by atoms with E-state index >= 15 is 0 Å². The lowest BCUT2D eigenvalue weighted by Gasteiger charge is -2.20. The van der Waals surface area contributed by atoms with Gasteiger partial charge in [-0.2, -0.15) is 0 Å². The summed E-state index contributed by atoms with van der Waals surface area (Å²) in [5.41, 5.74) is 0. The molecule has 0 aliphatic heterocycles. The molecule has 6 nitrogen and oxygen atoms in total. The molecule has 1 amide bonds. The fraction of sp³-hybridized carbons (Fsp3) is 0.882. The van der Waals surface area contributed by atoms with Gasteiger partial charge < -0.3 is 20.3 Å². The first-order chi connectivity index (χ1) is 36.5. The molecule has 6 heteroatoms. The Morgan fingerprint density at radius 1 is 0.378 bits per heavy atom. The van der Waals surface area contributed by atoms with E-state index in [4.69, 9.17) is 4.74 Å². The van der Waals surface area contributed by atoms with Crippen molar-refractivity contribution in [3.63, 3.8) is 0 Å². The molecule has 0 bridgehead atoms. The number of aliphatic hydroxyl groups excluding tert-OH is 2. The average molecular weight is 1040 g/mol. The number of hydrogen-bond donors (Lipinski definition) is 3. The van der Waals surface area contributed by atoms with Crippen molar-refractivity contribution in [2.45, 2.75) is 373 Å². The van der Waals surface area contributed by atoms with E-state index in [1.165, 1.54) is 257 Å². The van der Waals surface area contributed by atoms with Crippen LogP contribution in [0.15, 0.2) is 36.5 Å². The van der Waals surface area contributed by atoms with E-state index in [1.807, 2.05) is 6.08 Å². The Labute approximate surface area is 462 Å². The SMILES string of the molecule is CCCCCCCCCCCCCCCCCCCCCCCCC/C=C/C(O)C(CO)NC(=O)CCCCCCCC/C=C\C=C/CCCCCOC(=O)CCCCCCCCCCCCCCCCCCC. The van der Waals surface area contributed by atoms with E-state index in [9.17, 15) is 19.8 Å². The molecular formula is C68H129NO5. The number of carbonyl (C=O) groups excluding carboxylic acids is 2. The van der Waals surface area contributed by atoms with Gasteiger partial charge in [0.2, 0.25) is 5.91 Å². The molecule has 3 N–H and O–H groups in total. The minimum Gasteiger partial charge on any atom is -0.466 e. The van der Waals surface area contributed by atoms with Crippen molar-refractivity contribution in [1.82, 2.24) is 5.32 Å². The maximum atomic E-state index is 12.5. The van der Waals surface area contributed by atoms with Gasteiger partial charge in [-0.05, 0) is 64.2 Å². The number of hydrogen-bond acceptors (Lipinski definition) is 5. The smallest absolute Gasteiger partial charge is 0.305 e. The standard InChI is InChI=1S/C68H129NO5/c1-3-5-7-9-11-13-15-17-19-21-22-23-24-25-26-27-28-30-32-36-40-44-48-52-56-60-66(71)65(64-70)69-67(72)61-57-53-49-45-41-37-33-31-35-39-43-47-51-55-59-63-74-68(73)62-58-54-50-46-42-38-34-29-20-18-16-14-12-10-8-6-4-2/h31,35,39,43,56,60,65-66,70-71H,3-30,32-34,36-38,40-42,44-55,57-59,61-64H2,1-2H3,(H,69,72)/b35-31-,43-39-,60-56+. The summed E-state index contributed by atoms with van der Waals surface area (Å²) in [4.78, 5) is 24.6. The molecule has 0 aliphatic rings. The van der Waals surface area contributed by atoms with E-state index in [2.05, 4.69) is 43.5 Å². The van der Waals surface area contributed by atoms with Crippen molar-refractivity contribution < 1.29 is 24.5 Å². The topological polar surface area (TPSA) is 95.9 Å². The second-order valence-electron chi connectivity index (χ2n) is 22.8. The highest BCUT2D eigenvalue weighted by atomic mass is 16.5. The van der Waals surface area contributed by atoms with Crippen LogP contribution < -0.4 is 5.32 Å². The first-order valence-corrected chi connectivity index (χ1v) is 33.3. The Hall–Kier alpha value is -1.92. The van der Waals surface area contributed by atoms with Crippen molar-refractivity contribution in [3.8, 4) is 0 Å². The number of amides is 1. The molecule has 0 heterocycles. The van der Waals surface area contributed by atoms with Crippen LogP contribution >= 0.6 is 0 Å². The summed E-state index contributed by atoms with van der Waals surface area (Å²) in [7, 11) is 0. The summed E-state index contributed by atoms with van der Waals surface area (Å²) in [5, 5.41) is 23.2. The first kappa shape index (κ1) is 72.1. The second kappa shape index (κ2) is 63.6. The molecule has 0 spiro atoms. The van der Waals surface area contributed by atoms with Crippen LogP contribution in [0, 0.1) is 0 Å².